The topological polar surface area (TPSA) is 74.6 Å². The van der Waals surface area contributed by atoms with Crippen LogP contribution in [0.5, 0.6) is 17.2 Å². The second-order valence-electron chi connectivity index (χ2n) is 6.56. The molecule has 0 aliphatic carbocycles. The van der Waals surface area contributed by atoms with Crippen molar-refractivity contribution >= 4 is 23.3 Å². The number of nitrogens with one attached hydrogen (secondary N) is 1. The van der Waals surface area contributed by atoms with Crippen molar-refractivity contribution in [3.8, 4) is 22.9 Å². The van der Waals surface area contributed by atoms with Crippen LogP contribution in [0.2, 0.25) is 5.02 Å². The molecule has 0 spiro atoms. The number of para-hydroxylation sites is 1. The third kappa shape index (κ3) is 3.27. The van der Waals surface area contributed by atoms with Crippen LogP contribution >= 0.6 is 11.6 Å². The molecule has 8 heteroatoms. The quantitative estimate of drug-likeness (QED) is 0.683. The van der Waals surface area contributed by atoms with Crippen LogP contribution in [-0.4, -0.2) is 36.8 Å². The molecule has 0 radical (unpaired) electrons. The number of methoxy groups -OCH3 is 3. The summed E-state index contributed by atoms with van der Waals surface area (Å²) in [7, 11) is 4.68. The van der Waals surface area contributed by atoms with Crippen LogP contribution < -0.4 is 19.5 Å². The molecule has 2 aromatic carbocycles. The first-order valence-electron chi connectivity index (χ1n) is 8.99. The summed E-state index contributed by atoms with van der Waals surface area (Å²) in [6.45, 7) is 0. The molecule has 150 valence electrons. The molecule has 0 bridgehead atoms. The second-order valence-corrected chi connectivity index (χ2v) is 6.97. The highest BCUT2D eigenvalue weighted by Gasteiger charge is 2.32. The van der Waals surface area contributed by atoms with Crippen LogP contribution in [0.3, 0.4) is 0 Å². The minimum atomic E-state index is -0.267. The van der Waals surface area contributed by atoms with Gasteiger partial charge in [0.05, 0.1) is 37.7 Å². The molecule has 1 aliphatic heterocycles. The molecule has 3 aromatic rings. The first-order valence-corrected chi connectivity index (χ1v) is 9.37. The summed E-state index contributed by atoms with van der Waals surface area (Å²) < 4.78 is 18.1. The van der Waals surface area contributed by atoms with Crippen LogP contribution in [0.1, 0.15) is 23.6 Å². The maximum Gasteiger partial charge on any atom is 0.226 e. The zero-order valence-electron chi connectivity index (χ0n) is 16.2. The van der Waals surface area contributed by atoms with Crippen molar-refractivity contribution in [1.82, 2.24) is 9.55 Å². The lowest BCUT2D eigenvalue weighted by molar-refractivity contribution is -0.116. The molecule has 1 N–H and O–H groups in total. The van der Waals surface area contributed by atoms with E-state index >= 15 is 0 Å². The maximum absolute atomic E-state index is 12.5. The van der Waals surface area contributed by atoms with Gasteiger partial charge in [0.25, 0.3) is 0 Å². The SMILES string of the molecule is COc1cc([C@@H]2CC(=O)Nc3c2ncn3-c2ccccc2Cl)cc(OC)c1OC. The molecular weight excluding hydrogens is 394 g/mol. The van der Waals surface area contributed by atoms with Crippen molar-refractivity contribution in [1.29, 1.82) is 0 Å². The number of fused-ring (bicyclic) bond motifs is 1. The second kappa shape index (κ2) is 7.67. The van der Waals surface area contributed by atoms with E-state index in [2.05, 4.69) is 10.3 Å². The molecule has 0 saturated heterocycles. The number of carbonyl (C=O) groups excluding carboxylic acids is 1. The average molecular weight is 414 g/mol. The van der Waals surface area contributed by atoms with Gasteiger partial charge >= 0.3 is 0 Å². The standard InChI is InChI=1S/C21H20ClN3O4/c1-27-16-8-12(9-17(28-2)20(16)29-3)13-10-18(26)24-21-19(13)23-11-25(21)15-7-5-4-6-14(15)22/h4-9,11,13H,10H2,1-3H3,(H,24,26)/t13-/m0/s1. The summed E-state index contributed by atoms with van der Waals surface area (Å²) >= 11 is 6.35. The number of aromatic nitrogens is 2. The van der Waals surface area contributed by atoms with E-state index in [0.29, 0.717) is 28.1 Å². The smallest absolute Gasteiger partial charge is 0.226 e. The van der Waals surface area contributed by atoms with Crippen molar-refractivity contribution < 1.29 is 19.0 Å². The number of hydrogen-bond donors (Lipinski definition) is 1. The Hall–Kier alpha value is -3.19. The highest BCUT2D eigenvalue weighted by molar-refractivity contribution is 6.32. The zero-order chi connectivity index (χ0) is 20.5. The molecule has 1 amide bonds. The number of benzene rings is 2. The van der Waals surface area contributed by atoms with Crippen molar-refractivity contribution in [3.05, 3.63) is 59.0 Å². The highest BCUT2D eigenvalue weighted by atomic mass is 35.5. The molecule has 1 aromatic heterocycles. The summed E-state index contributed by atoms with van der Waals surface area (Å²) in [5.74, 6) is 1.79. The monoisotopic (exact) mass is 413 g/mol. The summed E-state index contributed by atoms with van der Waals surface area (Å²) in [6, 6.07) is 11.1. The van der Waals surface area contributed by atoms with Crippen molar-refractivity contribution in [3.63, 3.8) is 0 Å². The maximum atomic E-state index is 12.5. The van der Waals surface area contributed by atoms with E-state index in [1.807, 2.05) is 30.3 Å². The molecule has 2 heterocycles. The fraction of sp³-hybridized carbons (Fsp3) is 0.238. The minimum absolute atomic E-state index is 0.106. The van der Waals surface area contributed by atoms with Gasteiger partial charge in [-0.2, -0.15) is 0 Å². The number of carbonyl (C=O) groups is 1. The Bertz CT molecular complexity index is 1050. The summed E-state index contributed by atoms with van der Waals surface area (Å²) in [4.78, 5) is 17.1. The summed E-state index contributed by atoms with van der Waals surface area (Å²) in [5.41, 5.74) is 2.34. The normalized spacial score (nSPS) is 15.4. The van der Waals surface area contributed by atoms with Crippen LogP contribution in [-0.2, 0) is 4.79 Å². The van der Waals surface area contributed by atoms with Crippen LogP contribution in [0.15, 0.2) is 42.7 Å². The van der Waals surface area contributed by atoms with Crippen LogP contribution in [0, 0.1) is 0 Å². The fourth-order valence-electron chi connectivity index (χ4n) is 3.61. The van der Waals surface area contributed by atoms with Gasteiger partial charge in [0.1, 0.15) is 12.1 Å². The predicted molar refractivity (Wildman–Crippen MR) is 110 cm³/mol. The van der Waals surface area contributed by atoms with Crippen LogP contribution in [0.4, 0.5) is 5.82 Å². The Balaban J connectivity index is 1.85. The van der Waals surface area contributed by atoms with E-state index in [1.54, 1.807) is 38.3 Å². The van der Waals surface area contributed by atoms with E-state index in [4.69, 9.17) is 25.8 Å². The molecule has 7 nitrogen and oxygen atoms in total. The Morgan fingerprint density at radius 3 is 2.41 bits per heavy atom. The molecule has 0 saturated carbocycles. The lowest BCUT2D eigenvalue weighted by Gasteiger charge is -2.25. The van der Waals surface area contributed by atoms with Gasteiger partial charge in [-0.3, -0.25) is 9.36 Å². The number of anilines is 1. The Morgan fingerprint density at radius 2 is 1.79 bits per heavy atom. The summed E-state index contributed by atoms with van der Waals surface area (Å²) in [6.07, 6.45) is 1.92. The third-order valence-electron chi connectivity index (χ3n) is 4.97. The number of amides is 1. The van der Waals surface area contributed by atoms with Gasteiger partial charge in [-0.15, -0.1) is 0 Å². The van der Waals surface area contributed by atoms with Gasteiger partial charge in [-0.1, -0.05) is 23.7 Å². The van der Waals surface area contributed by atoms with Gasteiger partial charge < -0.3 is 19.5 Å². The van der Waals surface area contributed by atoms with Crippen LogP contribution in [0.25, 0.3) is 5.69 Å². The number of ether oxygens (including phenoxy) is 3. The molecule has 4 rings (SSSR count). The minimum Gasteiger partial charge on any atom is -0.493 e. The Kier molecular flexibility index (Phi) is 5.07. The number of nitrogens with zero attached hydrogens (tertiary/aromatic N) is 2. The van der Waals surface area contributed by atoms with Gasteiger partial charge in [-0.25, -0.2) is 4.98 Å². The Labute approximate surface area is 173 Å². The molecule has 1 aliphatic rings. The van der Waals surface area contributed by atoms with E-state index in [0.717, 1.165) is 16.9 Å². The third-order valence-corrected chi connectivity index (χ3v) is 5.29. The van der Waals surface area contributed by atoms with Gasteiger partial charge in [-0.05, 0) is 29.8 Å². The Morgan fingerprint density at radius 1 is 1.10 bits per heavy atom. The zero-order valence-corrected chi connectivity index (χ0v) is 17.0. The van der Waals surface area contributed by atoms with Crippen molar-refractivity contribution in [2.75, 3.05) is 26.6 Å². The predicted octanol–water partition coefficient (Wildman–Crippen LogP) is 4.03. The number of halogens is 1. The lowest BCUT2D eigenvalue weighted by atomic mass is 9.89. The van der Waals surface area contributed by atoms with E-state index < -0.39 is 0 Å². The average Bonchev–Trinajstić information content (AvgIpc) is 3.15. The number of rotatable bonds is 5. The molecule has 1 atom stereocenters. The van der Waals surface area contributed by atoms with Crippen molar-refractivity contribution in [2.45, 2.75) is 12.3 Å². The van der Waals surface area contributed by atoms with Crippen molar-refractivity contribution in [2.24, 2.45) is 0 Å². The molecule has 29 heavy (non-hydrogen) atoms. The van der Waals surface area contributed by atoms with Gasteiger partial charge in [0.2, 0.25) is 11.7 Å². The van der Waals surface area contributed by atoms with E-state index in [-0.39, 0.29) is 18.2 Å². The first kappa shape index (κ1) is 19.1. The largest absolute Gasteiger partial charge is 0.493 e. The van der Waals surface area contributed by atoms with Gasteiger partial charge in [0, 0.05) is 12.3 Å². The lowest BCUT2D eigenvalue weighted by Crippen LogP contribution is -2.25. The van der Waals surface area contributed by atoms with Gasteiger partial charge in [0.15, 0.2) is 11.5 Å². The molecule has 0 fully saturated rings. The van der Waals surface area contributed by atoms with E-state index in [1.165, 1.54) is 0 Å². The molecule has 0 unspecified atom stereocenters. The van der Waals surface area contributed by atoms with E-state index in [9.17, 15) is 4.79 Å². The summed E-state index contributed by atoms with van der Waals surface area (Å²) in [5, 5.41) is 3.50. The molecular formula is C21H20ClN3O4. The number of imidazole rings is 1. The first-order chi connectivity index (χ1) is 14.1. The number of hydrogen-bond acceptors (Lipinski definition) is 5. The highest BCUT2D eigenvalue weighted by Crippen LogP contribution is 2.44. The fourth-order valence-corrected chi connectivity index (χ4v) is 3.84.